The van der Waals surface area contributed by atoms with E-state index in [1.807, 2.05) is 13.0 Å². The molecule has 0 fully saturated rings. The van der Waals surface area contributed by atoms with Crippen molar-refractivity contribution in [1.82, 2.24) is 4.98 Å². The molecule has 5 heteroatoms. The predicted octanol–water partition coefficient (Wildman–Crippen LogP) is 1.89. The molecule has 0 spiro atoms. The smallest absolute Gasteiger partial charge is 0.0923 e. The zero-order valence-corrected chi connectivity index (χ0v) is 9.46. The van der Waals surface area contributed by atoms with Crippen molar-refractivity contribution in [2.24, 2.45) is 5.73 Å². The molecule has 0 atom stereocenters. The van der Waals surface area contributed by atoms with Crippen LogP contribution in [0.3, 0.4) is 0 Å². The summed E-state index contributed by atoms with van der Waals surface area (Å²) in [6.45, 7) is 3.57. The van der Waals surface area contributed by atoms with Crippen LogP contribution in [0.2, 0.25) is 5.02 Å². The van der Waals surface area contributed by atoms with Crippen molar-refractivity contribution in [3.8, 4) is 0 Å². The first-order chi connectivity index (χ1) is 7.15. The molecule has 4 nitrogen and oxygen atoms in total. The van der Waals surface area contributed by atoms with Crippen LogP contribution in [0.15, 0.2) is 18.5 Å². The van der Waals surface area contributed by atoms with Gasteiger partial charge in [-0.1, -0.05) is 11.6 Å². The minimum absolute atomic E-state index is 0.193. The summed E-state index contributed by atoms with van der Waals surface area (Å²) in [7, 11) is 0. The van der Waals surface area contributed by atoms with Crippen LogP contribution in [-0.2, 0) is 0 Å². The molecule has 1 rings (SSSR count). The van der Waals surface area contributed by atoms with E-state index in [-0.39, 0.29) is 5.84 Å². The maximum atomic E-state index is 7.18. The largest absolute Gasteiger partial charge is 0.388 e. The molecule has 0 aliphatic carbocycles. The molecular formula is C10H15ClN4. The maximum absolute atomic E-state index is 7.18. The molecule has 0 amide bonds. The van der Waals surface area contributed by atoms with E-state index >= 15 is 0 Å². The Morgan fingerprint density at radius 1 is 1.67 bits per heavy atom. The first-order valence-electron chi connectivity index (χ1n) is 4.82. The zero-order chi connectivity index (χ0) is 11.3. The van der Waals surface area contributed by atoms with Gasteiger partial charge in [-0.3, -0.25) is 10.4 Å². The second kappa shape index (κ2) is 5.56. The summed E-state index contributed by atoms with van der Waals surface area (Å²) in [5.74, 6) is 0.193. The topological polar surface area (TPSA) is 66.0 Å². The van der Waals surface area contributed by atoms with Crippen molar-refractivity contribution in [2.45, 2.75) is 13.3 Å². The summed E-state index contributed by atoms with van der Waals surface area (Å²) in [5.41, 5.74) is 6.26. The van der Waals surface area contributed by atoms with Crippen LogP contribution < -0.4 is 10.6 Å². The van der Waals surface area contributed by atoms with Gasteiger partial charge in [0.25, 0.3) is 0 Å². The Balaban J connectivity index is 2.74. The van der Waals surface area contributed by atoms with Gasteiger partial charge in [-0.25, -0.2) is 0 Å². The van der Waals surface area contributed by atoms with Crippen LogP contribution in [0.1, 0.15) is 13.3 Å². The Bertz CT molecular complexity index is 340. The minimum atomic E-state index is 0.193. The van der Waals surface area contributed by atoms with Crippen LogP contribution in [-0.4, -0.2) is 23.9 Å². The van der Waals surface area contributed by atoms with Gasteiger partial charge in [0.05, 0.1) is 16.5 Å². The Morgan fingerprint density at radius 3 is 2.93 bits per heavy atom. The number of nitrogens with two attached hydrogens (primary N) is 1. The molecule has 0 aromatic carbocycles. The number of nitrogens with zero attached hydrogens (tertiary/aromatic N) is 2. The average molecular weight is 227 g/mol. The van der Waals surface area contributed by atoms with E-state index in [0.717, 1.165) is 12.2 Å². The number of hydrogen-bond acceptors (Lipinski definition) is 3. The van der Waals surface area contributed by atoms with Crippen molar-refractivity contribution in [2.75, 3.05) is 18.0 Å². The van der Waals surface area contributed by atoms with E-state index in [4.69, 9.17) is 22.7 Å². The second-order valence-corrected chi connectivity index (χ2v) is 3.59. The molecule has 0 unspecified atom stereocenters. The van der Waals surface area contributed by atoms with Crippen molar-refractivity contribution < 1.29 is 0 Å². The van der Waals surface area contributed by atoms with Gasteiger partial charge >= 0.3 is 0 Å². The van der Waals surface area contributed by atoms with Gasteiger partial charge in [0, 0.05) is 31.9 Å². The van der Waals surface area contributed by atoms with Gasteiger partial charge in [0.2, 0.25) is 0 Å². The number of amidine groups is 1. The van der Waals surface area contributed by atoms with Crippen LogP contribution in [0.5, 0.6) is 0 Å². The SMILES string of the molecule is CCN(CCC(=N)N)c1ccncc1Cl. The molecule has 1 aromatic rings. The summed E-state index contributed by atoms with van der Waals surface area (Å²) in [4.78, 5) is 6.01. The van der Waals surface area contributed by atoms with Gasteiger partial charge in [-0.05, 0) is 13.0 Å². The fourth-order valence-corrected chi connectivity index (χ4v) is 1.57. The fourth-order valence-electron chi connectivity index (χ4n) is 1.33. The van der Waals surface area contributed by atoms with Gasteiger partial charge < -0.3 is 10.6 Å². The number of nitrogens with one attached hydrogen (secondary N) is 1. The standard InChI is InChI=1S/C10H15ClN4/c1-2-15(6-4-10(12)13)9-3-5-14-7-8(9)11/h3,5,7H,2,4,6H2,1H3,(H3,12,13). The molecule has 82 valence electrons. The van der Waals surface area contributed by atoms with Gasteiger partial charge in [-0.2, -0.15) is 0 Å². The Morgan fingerprint density at radius 2 is 2.40 bits per heavy atom. The highest BCUT2D eigenvalue weighted by atomic mass is 35.5. The molecule has 0 aliphatic heterocycles. The summed E-state index contributed by atoms with van der Waals surface area (Å²) in [6, 6.07) is 1.87. The molecule has 0 radical (unpaired) electrons. The fraction of sp³-hybridized carbons (Fsp3) is 0.400. The van der Waals surface area contributed by atoms with Crippen molar-refractivity contribution in [3.63, 3.8) is 0 Å². The van der Waals surface area contributed by atoms with Crippen molar-refractivity contribution >= 4 is 23.1 Å². The lowest BCUT2D eigenvalue weighted by atomic mass is 10.3. The predicted molar refractivity (Wildman–Crippen MR) is 63.7 cm³/mol. The lowest BCUT2D eigenvalue weighted by Gasteiger charge is -2.23. The third-order valence-electron chi connectivity index (χ3n) is 2.12. The normalized spacial score (nSPS) is 10.0. The zero-order valence-electron chi connectivity index (χ0n) is 8.70. The monoisotopic (exact) mass is 226 g/mol. The summed E-state index contributed by atoms with van der Waals surface area (Å²) in [5, 5.41) is 7.81. The molecule has 1 heterocycles. The van der Waals surface area contributed by atoms with Crippen molar-refractivity contribution in [1.29, 1.82) is 5.41 Å². The molecule has 0 bridgehead atoms. The van der Waals surface area contributed by atoms with E-state index in [1.54, 1.807) is 12.4 Å². The minimum Gasteiger partial charge on any atom is -0.388 e. The van der Waals surface area contributed by atoms with Gasteiger partial charge in [0.1, 0.15) is 0 Å². The maximum Gasteiger partial charge on any atom is 0.0923 e. The lowest BCUT2D eigenvalue weighted by Crippen LogP contribution is -2.27. The molecule has 1 aromatic heterocycles. The van der Waals surface area contributed by atoms with Crippen LogP contribution in [0, 0.1) is 5.41 Å². The highest BCUT2D eigenvalue weighted by molar-refractivity contribution is 6.33. The van der Waals surface area contributed by atoms with Gasteiger partial charge in [0.15, 0.2) is 0 Å². The van der Waals surface area contributed by atoms with Crippen LogP contribution >= 0.6 is 11.6 Å². The number of hydrogen-bond donors (Lipinski definition) is 2. The molecule has 0 aliphatic rings. The van der Waals surface area contributed by atoms with Crippen molar-refractivity contribution in [3.05, 3.63) is 23.5 Å². The first-order valence-corrected chi connectivity index (χ1v) is 5.20. The highest BCUT2D eigenvalue weighted by Crippen LogP contribution is 2.23. The molecule has 0 saturated carbocycles. The lowest BCUT2D eigenvalue weighted by molar-refractivity contribution is 0.830. The van der Waals surface area contributed by atoms with Crippen LogP contribution in [0.4, 0.5) is 5.69 Å². The molecule has 15 heavy (non-hydrogen) atoms. The second-order valence-electron chi connectivity index (χ2n) is 3.18. The summed E-state index contributed by atoms with van der Waals surface area (Å²) in [6.07, 6.45) is 3.87. The third-order valence-corrected chi connectivity index (χ3v) is 2.42. The number of aromatic nitrogens is 1. The molecular weight excluding hydrogens is 212 g/mol. The van der Waals surface area contributed by atoms with E-state index in [9.17, 15) is 0 Å². The first kappa shape index (κ1) is 11.8. The number of anilines is 1. The Kier molecular flexibility index (Phi) is 4.37. The average Bonchev–Trinajstić information content (AvgIpc) is 2.21. The summed E-state index contributed by atoms with van der Waals surface area (Å²) >= 11 is 6.02. The van der Waals surface area contributed by atoms with Gasteiger partial charge in [-0.15, -0.1) is 0 Å². The van der Waals surface area contributed by atoms with E-state index in [1.165, 1.54) is 0 Å². The van der Waals surface area contributed by atoms with E-state index in [0.29, 0.717) is 18.0 Å². The Hall–Kier alpha value is -1.29. The third kappa shape index (κ3) is 3.40. The Labute approximate surface area is 94.6 Å². The van der Waals surface area contributed by atoms with Crippen LogP contribution in [0.25, 0.3) is 0 Å². The van der Waals surface area contributed by atoms with E-state index in [2.05, 4.69) is 9.88 Å². The number of halogens is 1. The molecule has 0 saturated heterocycles. The number of pyridine rings is 1. The highest BCUT2D eigenvalue weighted by Gasteiger charge is 2.08. The molecule has 3 N–H and O–H groups in total. The van der Waals surface area contributed by atoms with E-state index < -0.39 is 0 Å². The summed E-state index contributed by atoms with van der Waals surface area (Å²) < 4.78 is 0. The number of rotatable bonds is 5. The quantitative estimate of drug-likeness (QED) is 0.595.